The van der Waals surface area contributed by atoms with Crippen LogP contribution in [0.4, 0.5) is 0 Å². The van der Waals surface area contributed by atoms with Crippen molar-refractivity contribution in [3.8, 4) is 5.75 Å². The maximum Gasteiger partial charge on any atom is 0.314 e. The first-order valence-corrected chi connectivity index (χ1v) is 6.20. The lowest BCUT2D eigenvalue weighted by atomic mass is 9.89. The summed E-state index contributed by atoms with van der Waals surface area (Å²) >= 11 is 0. The van der Waals surface area contributed by atoms with Gasteiger partial charge in [-0.25, -0.2) is 0 Å². The highest BCUT2D eigenvalue weighted by atomic mass is 16.5. The monoisotopic (exact) mass is 247 g/mol. The zero-order chi connectivity index (χ0) is 13.0. The second kappa shape index (κ2) is 5.67. The largest absolute Gasteiger partial charge is 0.545 e. The van der Waals surface area contributed by atoms with E-state index in [0.29, 0.717) is 0 Å². The summed E-state index contributed by atoms with van der Waals surface area (Å²) in [6.45, 7) is 0. The average Bonchev–Trinajstić information content (AvgIpc) is 2.40. The number of carbonyl (C=O) groups is 2. The van der Waals surface area contributed by atoms with Crippen molar-refractivity contribution in [1.29, 1.82) is 0 Å². The Morgan fingerprint density at radius 2 is 1.89 bits per heavy atom. The number of rotatable bonds is 3. The highest BCUT2D eigenvalue weighted by molar-refractivity contribution is 5.86. The molecule has 0 spiro atoms. The van der Waals surface area contributed by atoms with E-state index in [1.54, 1.807) is 6.07 Å². The summed E-state index contributed by atoms with van der Waals surface area (Å²) in [6, 6.07) is 5.84. The molecule has 1 saturated carbocycles. The van der Waals surface area contributed by atoms with E-state index in [2.05, 4.69) is 0 Å². The van der Waals surface area contributed by atoms with Crippen molar-refractivity contribution in [3.05, 3.63) is 29.8 Å². The van der Waals surface area contributed by atoms with Crippen molar-refractivity contribution >= 4 is 11.9 Å². The fourth-order valence-electron chi connectivity index (χ4n) is 2.22. The van der Waals surface area contributed by atoms with Crippen LogP contribution >= 0.6 is 0 Å². The maximum atomic E-state index is 11.9. The average molecular weight is 247 g/mol. The molecule has 2 rings (SSSR count). The van der Waals surface area contributed by atoms with Crippen LogP contribution in [0, 0.1) is 5.92 Å². The van der Waals surface area contributed by atoms with Gasteiger partial charge in [0.25, 0.3) is 0 Å². The zero-order valence-electron chi connectivity index (χ0n) is 10.1. The summed E-state index contributed by atoms with van der Waals surface area (Å²) < 4.78 is 5.21. The van der Waals surface area contributed by atoms with E-state index in [9.17, 15) is 14.7 Å². The lowest BCUT2D eigenvalue weighted by molar-refractivity contribution is -0.255. The van der Waals surface area contributed by atoms with Gasteiger partial charge in [-0.1, -0.05) is 31.4 Å². The van der Waals surface area contributed by atoms with E-state index >= 15 is 0 Å². The highest BCUT2D eigenvalue weighted by Gasteiger charge is 2.22. The minimum absolute atomic E-state index is 0.0175. The molecule has 1 aliphatic carbocycles. The normalized spacial score (nSPS) is 16.2. The van der Waals surface area contributed by atoms with E-state index < -0.39 is 5.97 Å². The number of esters is 1. The summed E-state index contributed by atoms with van der Waals surface area (Å²) in [4.78, 5) is 22.6. The molecule has 0 unspecified atom stereocenters. The molecule has 0 amide bonds. The molecular formula is C14H15O4-. The molecule has 0 atom stereocenters. The quantitative estimate of drug-likeness (QED) is 0.600. The van der Waals surface area contributed by atoms with Crippen LogP contribution in [0.25, 0.3) is 0 Å². The fraction of sp³-hybridized carbons (Fsp3) is 0.429. The van der Waals surface area contributed by atoms with Gasteiger partial charge >= 0.3 is 5.97 Å². The Morgan fingerprint density at radius 3 is 2.56 bits per heavy atom. The highest BCUT2D eigenvalue weighted by Crippen LogP contribution is 2.25. The van der Waals surface area contributed by atoms with Gasteiger partial charge in [0.15, 0.2) is 0 Å². The molecule has 1 aromatic rings. The number of aromatic carboxylic acids is 1. The summed E-state index contributed by atoms with van der Waals surface area (Å²) in [6.07, 6.45) is 5.00. The van der Waals surface area contributed by atoms with Crippen molar-refractivity contribution in [1.82, 2.24) is 0 Å². The first-order valence-electron chi connectivity index (χ1n) is 6.20. The first kappa shape index (κ1) is 12.6. The third kappa shape index (κ3) is 3.09. The molecule has 18 heavy (non-hydrogen) atoms. The molecule has 0 N–H and O–H groups in total. The van der Waals surface area contributed by atoms with Crippen LogP contribution in [-0.2, 0) is 4.79 Å². The van der Waals surface area contributed by atoms with Gasteiger partial charge in [0.2, 0.25) is 0 Å². The van der Waals surface area contributed by atoms with Crippen molar-refractivity contribution in [2.75, 3.05) is 0 Å². The van der Waals surface area contributed by atoms with Gasteiger partial charge in [-0.05, 0) is 25.0 Å². The van der Waals surface area contributed by atoms with E-state index in [1.807, 2.05) is 0 Å². The summed E-state index contributed by atoms with van der Waals surface area (Å²) in [5.74, 6) is -1.31. The first-order chi connectivity index (χ1) is 8.66. The Kier molecular flexibility index (Phi) is 3.97. The maximum absolute atomic E-state index is 11.9. The predicted octanol–water partition coefficient (Wildman–Crippen LogP) is 1.54. The SMILES string of the molecule is O=C([O-])c1cccc(OC(=O)C2CCCCC2)c1. The van der Waals surface area contributed by atoms with Gasteiger partial charge in [0.05, 0.1) is 11.9 Å². The van der Waals surface area contributed by atoms with Crippen LogP contribution in [0.1, 0.15) is 42.5 Å². The third-order valence-corrected chi connectivity index (χ3v) is 3.23. The number of carboxylic acid groups (broad SMARTS) is 1. The second-order valence-corrected chi connectivity index (χ2v) is 4.57. The van der Waals surface area contributed by atoms with Gasteiger partial charge < -0.3 is 14.6 Å². The van der Waals surface area contributed by atoms with Crippen LogP contribution in [0.5, 0.6) is 5.75 Å². The molecule has 0 heterocycles. The van der Waals surface area contributed by atoms with Crippen LogP contribution in [0.15, 0.2) is 24.3 Å². The van der Waals surface area contributed by atoms with Crippen LogP contribution in [0.2, 0.25) is 0 Å². The third-order valence-electron chi connectivity index (χ3n) is 3.23. The molecular weight excluding hydrogens is 232 g/mol. The molecule has 0 aromatic heterocycles. The number of carbonyl (C=O) groups excluding carboxylic acids is 2. The van der Waals surface area contributed by atoms with Crippen molar-refractivity contribution < 1.29 is 19.4 Å². The smallest absolute Gasteiger partial charge is 0.314 e. The molecule has 0 saturated heterocycles. The van der Waals surface area contributed by atoms with Gasteiger partial charge in [-0.15, -0.1) is 0 Å². The Morgan fingerprint density at radius 1 is 1.17 bits per heavy atom. The van der Waals surface area contributed by atoms with E-state index in [0.717, 1.165) is 25.7 Å². The van der Waals surface area contributed by atoms with E-state index in [-0.39, 0.29) is 23.2 Å². The second-order valence-electron chi connectivity index (χ2n) is 4.57. The Bertz CT molecular complexity index is 447. The molecule has 1 aliphatic rings. The van der Waals surface area contributed by atoms with Crippen LogP contribution in [-0.4, -0.2) is 11.9 Å². The Balaban J connectivity index is 2.02. The van der Waals surface area contributed by atoms with Gasteiger partial charge in [-0.3, -0.25) is 4.79 Å². The van der Waals surface area contributed by atoms with Crippen LogP contribution in [0.3, 0.4) is 0 Å². The zero-order valence-corrected chi connectivity index (χ0v) is 10.1. The number of carboxylic acids is 1. The molecule has 1 fully saturated rings. The predicted molar refractivity (Wildman–Crippen MR) is 63.0 cm³/mol. The van der Waals surface area contributed by atoms with Gasteiger partial charge in [0, 0.05) is 5.56 Å². The van der Waals surface area contributed by atoms with E-state index in [4.69, 9.17) is 4.74 Å². The van der Waals surface area contributed by atoms with Crippen molar-refractivity contribution in [2.45, 2.75) is 32.1 Å². The number of hydrogen-bond donors (Lipinski definition) is 0. The topological polar surface area (TPSA) is 66.4 Å². The summed E-state index contributed by atoms with van der Waals surface area (Å²) in [7, 11) is 0. The molecule has 96 valence electrons. The fourth-order valence-corrected chi connectivity index (χ4v) is 2.22. The molecule has 0 bridgehead atoms. The Hall–Kier alpha value is -1.84. The standard InChI is InChI=1S/C14H16O4/c15-13(16)11-7-4-8-12(9-11)18-14(17)10-5-2-1-3-6-10/h4,7-10H,1-3,5-6H2,(H,15,16)/p-1. The number of benzene rings is 1. The van der Waals surface area contributed by atoms with Gasteiger partial charge in [0.1, 0.15) is 5.75 Å². The molecule has 0 aliphatic heterocycles. The molecule has 4 heteroatoms. The molecule has 1 aromatic carbocycles. The minimum Gasteiger partial charge on any atom is -0.545 e. The minimum atomic E-state index is -1.27. The number of ether oxygens (including phenoxy) is 1. The lowest BCUT2D eigenvalue weighted by Crippen LogP contribution is -2.24. The van der Waals surface area contributed by atoms with Crippen molar-refractivity contribution in [3.63, 3.8) is 0 Å². The number of hydrogen-bond acceptors (Lipinski definition) is 4. The molecule has 0 radical (unpaired) electrons. The Labute approximate surface area is 106 Å². The van der Waals surface area contributed by atoms with Crippen molar-refractivity contribution in [2.24, 2.45) is 5.92 Å². The summed E-state index contributed by atoms with van der Waals surface area (Å²) in [5, 5.41) is 10.7. The van der Waals surface area contributed by atoms with Crippen LogP contribution < -0.4 is 9.84 Å². The molecule has 4 nitrogen and oxygen atoms in total. The van der Waals surface area contributed by atoms with Gasteiger partial charge in [-0.2, -0.15) is 0 Å². The van der Waals surface area contributed by atoms with E-state index in [1.165, 1.54) is 24.6 Å². The summed E-state index contributed by atoms with van der Waals surface area (Å²) in [5.41, 5.74) is 0.0175. The lowest BCUT2D eigenvalue weighted by Gasteiger charge is -2.19.